The Morgan fingerprint density at radius 1 is 1.12 bits per heavy atom. The Balaban J connectivity index is 1.43. The van der Waals surface area contributed by atoms with Crippen molar-refractivity contribution in [3.63, 3.8) is 0 Å². The van der Waals surface area contributed by atoms with Crippen LogP contribution in [-0.4, -0.2) is 67.1 Å². The van der Waals surface area contributed by atoms with E-state index in [1.54, 1.807) is 0 Å². The maximum Gasteiger partial charge on any atom is 0.322 e. The van der Waals surface area contributed by atoms with Crippen molar-refractivity contribution >= 4 is 15.7 Å². The molecule has 2 heterocycles. The summed E-state index contributed by atoms with van der Waals surface area (Å²) in [6.07, 6.45) is 5.44. The van der Waals surface area contributed by atoms with Crippen molar-refractivity contribution < 1.29 is 13.2 Å². The second kappa shape index (κ2) is 11.0. The van der Waals surface area contributed by atoms with Crippen molar-refractivity contribution in [2.75, 3.05) is 43.9 Å². The molecule has 9 nitrogen and oxygen atoms in total. The van der Waals surface area contributed by atoms with Crippen molar-refractivity contribution in [1.29, 1.82) is 0 Å². The number of likely N-dealkylation sites (N-methyl/N-ethyl adjacent to an activating group) is 1. The smallest absolute Gasteiger partial charge is 0.322 e. The third kappa shape index (κ3) is 6.28. The van der Waals surface area contributed by atoms with Crippen molar-refractivity contribution in [1.82, 2.24) is 24.4 Å². The van der Waals surface area contributed by atoms with Crippen LogP contribution in [0, 0.1) is 5.92 Å². The molecular weight excluding hydrogens is 452 g/mol. The minimum absolute atomic E-state index is 0.181. The highest BCUT2D eigenvalue weighted by Gasteiger charge is 2.26. The molecule has 1 aromatic carbocycles. The van der Waals surface area contributed by atoms with E-state index in [4.69, 9.17) is 4.74 Å². The Bertz CT molecular complexity index is 1040. The summed E-state index contributed by atoms with van der Waals surface area (Å²) in [5.41, 5.74) is 1.12. The first-order chi connectivity index (χ1) is 16.3. The Hall–Kier alpha value is -2.17. The first-order valence-electron chi connectivity index (χ1n) is 12.5. The molecule has 2 aliphatic rings. The van der Waals surface area contributed by atoms with Gasteiger partial charge in [-0.3, -0.25) is 4.57 Å². The molecule has 0 amide bonds. The fourth-order valence-electron chi connectivity index (χ4n) is 4.94. The molecule has 1 aliphatic heterocycles. The lowest BCUT2D eigenvalue weighted by molar-refractivity contribution is 0.312. The summed E-state index contributed by atoms with van der Waals surface area (Å²) in [5.74, 6) is 1.67. The Morgan fingerprint density at radius 3 is 2.56 bits per heavy atom. The summed E-state index contributed by atoms with van der Waals surface area (Å²) in [5, 5.41) is 8.52. The molecule has 0 radical (unpaired) electrons. The van der Waals surface area contributed by atoms with Gasteiger partial charge in [0, 0.05) is 44.5 Å². The number of rotatable bonds is 9. The minimum Gasteiger partial charge on any atom is -0.424 e. The number of nitrogens with one attached hydrogen (secondary N) is 1. The lowest BCUT2D eigenvalue weighted by atomic mass is 9.91. The Morgan fingerprint density at radius 2 is 1.85 bits per heavy atom. The highest BCUT2D eigenvalue weighted by molar-refractivity contribution is 7.89. The molecule has 34 heavy (non-hydrogen) atoms. The van der Waals surface area contributed by atoms with Crippen LogP contribution in [-0.2, 0) is 16.6 Å². The van der Waals surface area contributed by atoms with E-state index in [0.29, 0.717) is 24.1 Å². The highest BCUT2D eigenvalue weighted by atomic mass is 32.2. The van der Waals surface area contributed by atoms with Crippen molar-refractivity contribution in [2.24, 2.45) is 5.92 Å². The van der Waals surface area contributed by atoms with Gasteiger partial charge >= 0.3 is 6.01 Å². The third-order valence-corrected chi connectivity index (χ3v) is 8.50. The standard InChI is InChI=1S/C24H38N6O3S/c1-4-30-23(19(2)27-34(31,32)18-20-9-6-5-7-10-20)25-26-24(30)33-22-12-8-11-21(17-22)29-15-13-28(3)14-16-29/h8,11-12,17,19-20,27H,4-7,9-10,13-16,18H2,1-3H3/t19-/m1/s1. The van der Waals surface area contributed by atoms with Gasteiger partial charge in [0.2, 0.25) is 10.0 Å². The molecule has 1 N–H and O–H groups in total. The van der Waals surface area contributed by atoms with E-state index < -0.39 is 16.1 Å². The van der Waals surface area contributed by atoms with Gasteiger partial charge in [-0.25, -0.2) is 13.1 Å². The van der Waals surface area contributed by atoms with Crippen molar-refractivity contribution in [2.45, 2.75) is 58.5 Å². The van der Waals surface area contributed by atoms with Gasteiger partial charge in [0.25, 0.3) is 0 Å². The first kappa shape index (κ1) is 24.9. The fraction of sp³-hybridized carbons (Fsp3) is 0.667. The summed E-state index contributed by atoms with van der Waals surface area (Å²) in [7, 11) is -1.26. The van der Waals surface area contributed by atoms with E-state index in [9.17, 15) is 8.42 Å². The number of nitrogens with zero attached hydrogens (tertiary/aromatic N) is 5. The van der Waals surface area contributed by atoms with Gasteiger partial charge in [-0.05, 0) is 51.8 Å². The second-order valence-corrected chi connectivity index (χ2v) is 11.4. The van der Waals surface area contributed by atoms with Gasteiger partial charge in [0.15, 0.2) is 5.82 Å². The minimum atomic E-state index is -3.41. The number of hydrogen-bond donors (Lipinski definition) is 1. The molecule has 0 bridgehead atoms. The van der Waals surface area contributed by atoms with Crippen LogP contribution in [0.5, 0.6) is 11.8 Å². The molecular formula is C24H38N6O3S. The topological polar surface area (TPSA) is 92.6 Å². The SMILES string of the molecule is CCn1c(Oc2cccc(N3CCN(C)CC3)c2)nnc1[C@@H](C)NS(=O)(=O)CC1CCCCC1. The van der Waals surface area contributed by atoms with E-state index in [0.717, 1.165) is 57.5 Å². The van der Waals surface area contributed by atoms with E-state index in [1.165, 1.54) is 6.42 Å². The van der Waals surface area contributed by atoms with Gasteiger partial charge in [0.1, 0.15) is 5.75 Å². The average molecular weight is 491 g/mol. The van der Waals surface area contributed by atoms with E-state index >= 15 is 0 Å². The number of hydrogen-bond acceptors (Lipinski definition) is 7. The quantitative estimate of drug-likeness (QED) is 0.576. The molecule has 4 rings (SSSR count). The van der Waals surface area contributed by atoms with Crippen LogP contribution < -0.4 is 14.4 Å². The third-order valence-electron chi connectivity index (χ3n) is 6.88. The summed E-state index contributed by atoms with van der Waals surface area (Å²) in [6.45, 7) is 8.39. The fourth-order valence-corrected chi connectivity index (χ4v) is 6.64. The molecule has 188 valence electrons. The van der Waals surface area contributed by atoms with E-state index in [2.05, 4.69) is 37.8 Å². The molecule has 0 spiro atoms. The number of aromatic nitrogens is 3. The maximum absolute atomic E-state index is 12.8. The molecule has 1 saturated heterocycles. The highest BCUT2D eigenvalue weighted by Crippen LogP contribution is 2.28. The molecule has 1 saturated carbocycles. The number of piperazine rings is 1. The van der Waals surface area contributed by atoms with E-state index in [1.807, 2.05) is 36.6 Å². The first-order valence-corrected chi connectivity index (χ1v) is 14.1. The van der Waals surface area contributed by atoms with Crippen LogP contribution in [0.25, 0.3) is 0 Å². The van der Waals surface area contributed by atoms with Gasteiger partial charge in [-0.1, -0.05) is 30.4 Å². The van der Waals surface area contributed by atoms with Crippen LogP contribution >= 0.6 is 0 Å². The van der Waals surface area contributed by atoms with Gasteiger partial charge in [0.05, 0.1) is 11.8 Å². The molecule has 1 aliphatic carbocycles. The predicted molar refractivity (Wildman–Crippen MR) is 134 cm³/mol. The van der Waals surface area contributed by atoms with Crippen LogP contribution in [0.2, 0.25) is 0 Å². The molecule has 1 atom stereocenters. The van der Waals surface area contributed by atoms with Crippen molar-refractivity contribution in [3.8, 4) is 11.8 Å². The van der Waals surface area contributed by atoms with Crippen molar-refractivity contribution in [3.05, 3.63) is 30.1 Å². The number of ether oxygens (including phenoxy) is 1. The predicted octanol–water partition coefficient (Wildman–Crippen LogP) is 3.40. The summed E-state index contributed by atoms with van der Waals surface area (Å²) in [4.78, 5) is 4.68. The Labute approximate surface area is 203 Å². The maximum atomic E-state index is 12.8. The monoisotopic (exact) mass is 490 g/mol. The normalized spacial score (nSPS) is 19.3. The largest absolute Gasteiger partial charge is 0.424 e. The zero-order valence-corrected chi connectivity index (χ0v) is 21.4. The second-order valence-electron chi connectivity index (χ2n) is 9.60. The van der Waals surface area contributed by atoms with Gasteiger partial charge in [-0.15, -0.1) is 5.10 Å². The molecule has 1 aromatic heterocycles. The zero-order valence-electron chi connectivity index (χ0n) is 20.6. The number of benzene rings is 1. The lowest BCUT2D eigenvalue weighted by Gasteiger charge is -2.34. The molecule has 10 heteroatoms. The van der Waals surface area contributed by atoms with Crippen LogP contribution in [0.3, 0.4) is 0 Å². The number of anilines is 1. The molecule has 2 aromatic rings. The summed E-state index contributed by atoms with van der Waals surface area (Å²) < 4.78 is 36.3. The van der Waals surface area contributed by atoms with Crippen LogP contribution in [0.15, 0.2) is 24.3 Å². The summed E-state index contributed by atoms with van der Waals surface area (Å²) >= 11 is 0. The molecule has 2 fully saturated rings. The van der Waals surface area contributed by atoms with Gasteiger partial charge < -0.3 is 14.5 Å². The number of sulfonamides is 1. The van der Waals surface area contributed by atoms with Gasteiger partial charge in [-0.2, -0.15) is 0 Å². The average Bonchev–Trinajstić information content (AvgIpc) is 3.22. The summed E-state index contributed by atoms with van der Waals surface area (Å²) in [6, 6.07) is 7.89. The zero-order chi connectivity index (χ0) is 24.1. The van der Waals surface area contributed by atoms with Crippen LogP contribution in [0.1, 0.15) is 57.8 Å². The van der Waals surface area contributed by atoms with E-state index in [-0.39, 0.29) is 11.7 Å². The lowest BCUT2D eigenvalue weighted by Crippen LogP contribution is -2.44. The van der Waals surface area contributed by atoms with Crippen LogP contribution in [0.4, 0.5) is 5.69 Å². The molecule has 0 unspecified atom stereocenters. The Kier molecular flexibility index (Phi) is 8.10.